The van der Waals surface area contributed by atoms with E-state index in [1.54, 1.807) is 12.1 Å². The maximum Gasteiger partial charge on any atom is 0.218 e. The van der Waals surface area contributed by atoms with Gasteiger partial charge < -0.3 is 4.57 Å². The molecule has 3 rings (SSSR count). The van der Waals surface area contributed by atoms with E-state index in [1.165, 1.54) is 16.4 Å². The van der Waals surface area contributed by atoms with Gasteiger partial charge in [-0.3, -0.25) is 4.90 Å². The molecule has 148 valence electrons. The van der Waals surface area contributed by atoms with E-state index in [2.05, 4.69) is 28.3 Å². The van der Waals surface area contributed by atoms with Gasteiger partial charge in [0.05, 0.1) is 5.75 Å². The summed E-state index contributed by atoms with van der Waals surface area (Å²) in [6, 6.07) is 5.79. The summed E-state index contributed by atoms with van der Waals surface area (Å²) in [5.41, 5.74) is 0.485. The van der Waals surface area contributed by atoms with Crippen molar-refractivity contribution in [1.29, 1.82) is 0 Å². The van der Waals surface area contributed by atoms with Crippen LogP contribution in [0.4, 0.5) is 4.39 Å². The van der Waals surface area contributed by atoms with Crippen molar-refractivity contribution >= 4 is 10.0 Å². The molecule has 1 fully saturated rings. The van der Waals surface area contributed by atoms with Gasteiger partial charge in [0.1, 0.15) is 11.6 Å². The largest absolute Gasteiger partial charge is 0.333 e. The minimum atomic E-state index is -3.43. The van der Waals surface area contributed by atoms with Crippen LogP contribution in [-0.4, -0.2) is 59.9 Å². The summed E-state index contributed by atoms with van der Waals surface area (Å²) < 4.78 is 42.2. The zero-order valence-corrected chi connectivity index (χ0v) is 16.7. The predicted molar refractivity (Wildman–Crippen MR) is 103 cm³/mol. The third-order valence-electron chi connectivity index (χ3n) is 4.88. The van der Waals surface area contributed by atoms with Gasteiger partial charge in [0.15, 0.2) is 0 Å². The number of rotatable bonds is 7. The first kappa shape index (κ1) is 20.0. The van der Waals surface area contributed by atoms with Gasteiger partial charge in [-0.1, -0.05) is 26.0 Å². The molecule has 1 aliphatic heterocycles. The van der Waals surface area contributed by atoms with Crippen molar-refractivity contribution in [2.24, 2.45) is 0 Å². The monoisotopic (exact) mass is 394 g/mol. The van der Waals surface area contributed by atoms with E-state index in [0.29, 0.717) is 37.7 Å². The Bertz CT molecular complexity index is 858. The number of hydrogen-bond donors (Lipinski definition) is 0. The first-order valence-electron chi connectivity index (χ1n) is 9.31. The quantitative estimate of drug-likeness (QED) is 0.723. The van der Waals surface area contributed by atoms with E-state index in [-0.39, 0.29) is 5.75 Å². The Hall–Kier alpha value is -1.77. The lowest BCUT2D eigenvalue weighted by Gasteiger charge is -2.34. The Balaban J connectivity index is 1.51. The lowest BCUT2D eigenvalue weighted by molar-refractivity contribution is 0.182. The number of hydrogen-bond acceptors (Lipinski definition) is 4. The van der Waals surface area contributed by atoms with Crippen LogP contribution in [0.15, 0.2) is 36.7 Å². The van der Waals surface area contributed by atoms with Crippen molar-refractivity contribution in [3.05, 3.63) is 53.9 Å². The van der Waals surface area contributed by atoms with E-state index >= 15 is 0 Å². The molecule has 0 amide bonds. The SMILES string of the molecule is CC(C)c1nccn1CCN1CCN(S(=O)(=O)Cc2cccc(F)c2)CC1. The average molecular weight is 395 g/mol. The zero-order valence-electron chi connectivity index (χ0n) is 15.9. The van der Waals surface area contributed by atoms with E-state index < -0.39 is 15.8 Å². The van der Waals surface area contributed by atoms with Gasteiger partial charge in [-0.15, -0.1) is 0 Å². The van der Waals surface area contributed by atoms with E-state index in [1.807, 2.05) is 12.4 Å². The van der Waals surface area contributed by atoms with Crippen LogP contribution in [0.25, 0.3) is 0 Å². The summed E-state index contributed by atoms with van der Waals surface area (Å²) in [6.07, 6.45) is 3.82. The molecule has 1 saturated heterocycles. The third kappa shape index (κ3) is 5.15. The highest BCUT2D eigenvalue weighted by molar-refractivity contribution is 7.88. The fourth-order valence-corrected chi connectivity index (χ4v) is 4.92. The van der Waals surface area contributed by atoms with Crippen molar-refractivity contribution in [3.63, 3.8) is 0 Å². The second kappa shape index (κ2) is 8.50. The molecule has 0 bridgehead atoms. The summed E-state index contributed by atoms with van der Waals surface area (Å²) in [6.45, 7) is 8.32. The Morgan fingerprint density at radius 3 is 2.56 bits per heavy atom. The molecule has 0 saturated carbocycles. The number of aromatic nitrogens is 2. The van der Waals surface area contributed by atoms with Gasteiger partial charge in [-0.05, 0) is 17.7 Å². The van der Waals surface area contributed by atoms with Crippen LogP contribution in [0.5, 0.6) is 0 Å². The molecule has 2 aromatic rings. The van der Waals surface area contributed by atoms with Gasteiger partial charge in [-0.2, -0.15) is 4.31 Å². The lowest BCUT2D eigenvalue weighted by atomic mass is 10.2. The molecule has 8 heteroatoms. The number of sulfonamides is 1. The van der Waals surface area contributed by atoms with Crippen LogP contribution in [0.2, 0.25) is 0 Å². The minimum Gasteiger partial charge on any atom is -0.333 e. The lowest BCUT2D eigenvalue weighted by Crippen LogP contribution is -2.49. The van der Waals surface area contributed by atoms with Crippen LogP contribution in [0, 0.1) is 5.82 Å². The molecule has 1 aromatic heterocycles. The van der Waals surface area contributed by atoms with Crippen molar-refractivity contribution in [2.45, 2.75) is 32.1 Å². The molecule has 27 heavy (non-hydrogen) atoms. The predicted octanol–water partition coefficient (Wildman–Crippen LogP) is 2.29. The molecule has 2 heterocycles. The Morgan fingerprint density at radius 2 is 1.89 bits per heavy atom. The molecule has 0 atom stereocenters. The first-order chi connectivity index (χ1) is 12.8. The maximum atomic E-state index is 13.3. The first-order valence-corrected chi connectivity index (χ1v) is 10.9. The highest BCUT2D eigenvalue weighted by atomic mass is 32.2. The van der Waals surface area contributed by atoms with Crippen molar-refractivity contribution in [1.82, 2.24) is 18.8 Å². The standard InChI is InChI=1S/C19H27FN4O2S/c1-16(2)19-21-6-7-23(19)11-8-22-9-12-24(13-10-22)27(25,26)15-17-4-3-5-18(20)14-17/h3-7,14,16H,8-13,15H2,1-2H3. The number of nitrogens with zero attached hydrogens (tertiary/aromatic N) is 4. The Kier molecular flexibility index (Phi) is 6.29. The summed E-state index contributed by atoms with van der Waals surface area (Å²) in [5, 5.41) is 0. The zero-order chi connectivity index (χ0) is 19.4. The summed E-state index contributed by atoms with van der Waals surface area (Å²) >= 11 is 0. The Morgan fingerprint density at radius 1 is 1.15 bits per heavy atom. The van der Waals surface area contributed by atoms with Crippen molar-refractivity contribution < 1.29 is 12.8 Å². The van der Waals surface area contributed by atoms with Gasteiger partial charge in [0.25, 0.3) is 0 Å². The molecule has 0 unspecified atom stereocenters. The van der Waals surface area contributed by atoms with Gasteiger partial charge >= 0.3 is 0 Å². The fourth-order valence-electron chi connectivity index (χ4n) is 3.42. The molecule has 0 N–H and O–H groups in total. The van der Waals surface area contributed by atoms with Gasteiger partial charge in [0.2, 0.25) is 10.0 Å². The summed E-state index contributed by atoms with van der Waals surface area (Å²) in [4.78, 5) is 6.68. The fraction of sp³-hybridized carbons (Fsp3) is 0.526. The maximum absolute atomic E-state index is 13.3. The summed E-state index contributed by atoms with van der Waals surface area (Å²) in [7, 11) is -3.43. The number of imidazole rings is 1. The third-order valence-corrected chi connectivity index (χ3v) is 6.73. The molecule has 6 nitrogen and oxygen atoms in total. The topological polar surface area (TPSA) is 58.4 Å². The minimum absolute atomic E-state index is 0.155. The van der Waals surface area contributed by atoms with Crippen LogP contribution in [0.3, 0.4) is 0 Å². The summed E-state index contributed by atoms with van der Waals surface area (Å²) in [5.74, 6) is 0.890. The van der Waals surface area contributed by atoms with Crippen molar-refractivity contribution in [3.8, 4) is 0 Å². The molecule has 1 aromatic carbocycles. The number of benzene rings is 1. The van der Waals surface area contributed by atoms with E-state index in [4.69, 9.17) is 0 Å². The van der Waals surface area contributed by atoms with Crippen molar-refractivity contribution in [2.75, 3.05) is 32.7 Å². The van der Waals surface area contributed by atoms with Crippen LogP contribution in [0.1, 0.15) is 31.2 Å². The van der Waals surface area contributed by atoms with E-state index in [9.17, 15) is 12.8 Å². The molecular formula is C19H27FN4O2S. The molecule has 0 radical (unpaired) electrons. The second-order valence-electron chi connectivity index (χ2n) is 7.26. The van der Waals surface area contributed by atoms with Crippen LogP contribution >= 0.6 is 0 Å². The normalized spacial score (nSPS) is 16.9. The molecule has 1 aliphatic rings. The van der Waals surface area contributed by atoms with Gasteiger partial charge in [0, 0.05) is 57.6 Å². The second-order valence-corrected chi connectivity index (χ2v) is 9.23. The molecule has 0 aliphatic carbocycles. The average Bonchev–Trinajstić information content (AvgIpc) is 3.09. The van der Waals surface area contributed by atoms with Crippen LogP contribution in [-0.2, 0) is 22.3 Å². The highest BCUT2D eigenvalue weighted by Crippen LogP contribution is 2.15. The smallest absolute Gasteiger partial charge is 0.218 e. The number of piperazine rings is 1. The highest BCUT2D eigenvalue weighted by Gasteiger charge is 2.27. The molecule has 0 spiro atoms. The Labute approximate surface area is 160 Å². The van der Waals surface area contributed by atoms with Crippen LogP contribution < -0.4 is 0 Å². The van der Waals surface area contributed by atoms with E-state index in [0.717, 1.165) is 18.9 Å². The molecular weight excluding hydrogens is 367 g/mol. The van der Waals surface area contributed by atoms with Gasteiger partial charge in [-0.25, -0.2) is 17.8 Å². The number of halogens is 1.